The van der Waals surface area contributed by atoms with Crippen molar-refractivity contribution in [3.63, 3.8) is 0 Å². The van der Waals surface area contributed by atoms with E-state index in [2.05, 4.69) is 4.90 Å². The second-order valence-electron chi connectivity index (χ2n) is 8.95. The minimum atomic E-state index is -0.438. The zero-order valence-electron chi connectivity index (χ0n) is 17.4. The van der Waals surface area contributed by atoms with Crippen molar-refractivity contribution in [3.05, 3.63) is 24.3 Å². The summed E-state index contributed by atoms with van der Waals surface area (Å²) in [7, 11) is 0. The lowest BCUT2D eigenvalue weighted by atomic mass is 9.97. The Morgan fingerprint density at radius 3 is 2.21 bits per heavy atom. The number of piperidine rings is 2. The molecule has 3 rings (SSSR count). The molecular weight excluding hydrogens is 356 g/mol. The molecule has 0 atom stereocenters. The highest BCUT2D eigenvalue weighted by Crippen LogP contribution is 2.25. The lowest BCUT2D eigenvalue weighted by molar-refractivity contribution is -0.00836. The number of phenols is 1. The molecule has 28 heavy (non-hydrogen) atoms. The van der Waals surface area contributed by atoms with Crippen LogP contribution in [0.1, 0.15) is 46.5 Å². The number of hydrogen-bond donors (Lipinski definition) is 1. The van der Waals surface area contributed by atoms with E-state index >= 15 is 0 Å². The first kappa shape index (κ1) is 20.8. The first-order chi connectivity index (χ1) is 13.3. The Kier molecular flexibility index (Phi) is 6.70. The van der Waals surface area contributed by atoms with Crippen molar-refractivity contribution in [3.8, 4) is 5.75 Å². The number of likely N-dealkylation sites (tertiary alicyclic amines) is 1. The van der Waals surface area contributed by atoms with Gasteiger partial charge in [0, 0.05) is 38.5 Å². The maximum atomic E-state index is 12.1. The molecule has 2 fully saturated rings. The normalized spacial score (nSPS) is 19.7. The van der Waals surface area contributed by atoms with E-state index in [-0.39, 0.29) is 6.09 Å². The van der Waals surface area contributed by atoms with E-state index in [1.54, 1.807) is 12.1 Å². The highest BCUT2D eigenvalue weighted by Gasteiger charge is 2.28. The van der Waals surface area contributed by atoms with E-state index in [9.17, 15) is 9.90 Å². The third-order valence-electron chi connectivity index (χ3n) is 5.49. The predicted molar refractivity (Wildman–Crippen MR) is 110 cm³/mol. The number of amides is 1. The number of benzene rings is 1. The summed E-state index contributed by atoms with van der Waals surface area (Å²) in [5.74, 6) is 0.827. The number of hydrogen-bond acceptors (Lipinski definition) is 5. The maximum Gasteiger partial charge on any atom is 0.410 e. The minimum absolute atomic E-state index is 0.200. The second kappa shape index (κ2) is 9.03. The van der Waals surface area contributed by atoms with Gasteiger partial charge in [0.25, 0.3) is 0 Å². The molecule has 6 heteroatoms. The molecule has 0 bridgehead atoms. The van der Waals surface area contributed by atoms with E-state index in [0.717, 1.165) is 64.2 Å². The summed E-state index contributed by atoms with van der Waals surface area (Å²) >= 11 is 0. The van der Waals surface area contributed by atoms with Crippen LogP contribution in [-0.2, 0) is 9.47 Å². The highest BCUT2D eigenvalue weighted by atomic mass is 16.6. The molecule has 1 amide bonds. The van der Waals surface area contributed by atoms with Gasteiger partial charge in [-0.3, -0.25) is 0 Å². The summed E-state index contributed by atoms with van der Waals surface area (Å²) in [4.78, 5) is 16.3. The smallest absolute Gasteiger partial charge is 0.410 e. The van der Waals surface area contributed by atoms with Gasteiger partial charge < -0.3 is 24.4 Å². The number of anilines is 1. The van der Waals surface area contributed by atoms with E-state index in [1.807, 2.05) is 37.8 Å². The van der Waals surface area contributed by atoms with Crippen molar-refractivity contribution in [1.82, 2.24) is 4.90 Å². The molecule has 2 heterocycles. The molecule has 156 valence electrons. The second-order valence-corrected chi connectivity index (χ2v) is 8.95. The first-order valence-electron chi connectivity index (χ1n) is 10.4. The topological polar surface area (TPSA) is 62.2 Å². The Hall–Kier alpha value is -1.95. The number of aromatic hydroxyl groups is 1. The van der Waals surface area contributed by atoms with E-state index in [4.69, 9.17) is 9.47 Å². The number of phenolic OH excluding ortho intramolecular Hbond substituents is 1. The number of ether oxygens (including phenoxy) is 2. The molecule has 1 aromatic carbocycles. The highest BCUT2D eigenvalue weighted by molar-refractivity contribution is 5.68. The van der Waals surface area contributed by atoms with Crippen LogP contribution >= 0.6 is 0 Å². The van der Waals surface area contributed by atoms with Gasteiger partial charge in [-0.15, -0.1) is 0 Å². The number of carbonyl (C=O) groups excluding carboxylic acids is 1. The van der Waals surface area contributed by atoms with Crippen LogP contribution in [0.2, 0.25) is 0 Å². The van der Waals surface area contributed by atoms with Gasteiger partial charge in [0.2, 0.25) is 0 Å². The van der Waals surface area contributed by atoms with Gasteiger partial charge in [-0.2, -0.15) is 0 Å². The third kappa shape index (κ3) is 6.03. The Morgan fingerprint density at radius 1 is 1.04 bits per heavy atom. The molecule has 6 nitrogen and oxygen atoms in total. The monoisotopic (exact) mass is 390 g/mol. The van der Waals surface area contributed by atoms with Crippen LogP contribution in [0.3, 0.4) is 0 Å². The van der Waals surface area contributed by atoms with Gasteiger partial charge in [-0.25, -0.2) is 4.79 Å². The average molecular weight is 391 g/mol. The lowest BCUT2D eigenvalue weighted by Gasteiger charge is -2.36. The number of nitrogens with zero attached hydrogens (tertiary/aromatic N) is 2. The minimum Gasteiger partial charge on any atom is -0.508 e. The van der Waals surface area contributed by atoms with Gasteiger partial charge >= 0.3 is 6.09 Å². The largest absolute Gasteiger partial charge is 0.508 e. The fourth-order valence-corrected chi connectivity index (χ4v) is 3.82. The summed E-state index contributed by atoms with van der Waals surface area (Å²) in [5, 5.41) is 9.42. The zero-order chi connectivity index (χ0) is 20.1. The molecule has 1 aromatic rings. The predicted octanol–water partition coefficient (Wildman–Crippen LogP) is 4.02. The molecule has 0 unspecified atom stereocenters. The quantitative estimate of drug-likeness (QED) is 0.841. The maximum absolute atomic E-state index is 12.1. The molecule has 0 radical (unpaired) electrons. The molecule has 2 aliphatic rings. The van der Waals surface area contributed by atoms with Crippen molar-refractivity contribution in [1.29, 1.82) is 0 Å². The molecule has 0 saturated carbocycles. The molecule has 0 aliphatic carbocycles. The summed E-state index contributed by atoms with van der Waals surface area (Å²) in [6, 6.07) is 7.41. The van der Waals surface area contributed by atoms with Crippen LogP contribution < -0.4 is 4.90 Å². The van der Waals surface area contributed by atoms with Crippen LogP contribution in [0.5, 0.6) is 5.75 Å². The van der Waals surface area contributed by atoms with Crippen LogP contribution in [0, 0.1) is 5.92 Å². The molecule has 2 saturated heterocycles. The number of rotatable bonds is 4. The van der Waals surface area contributed by atoms with Gasteiger partial charge in [0.05, 0.1) is 6.10 Å². The van der Waals surface area contributed by atoms with E-state index in [0.29, 0.717) is 17.8 Å². The summed E-state index contributed by atoms with van der Waals surface area (Å²) in [5.41, 5.74) is 0.720. The Bertz CT molecular complexity index is 625. The first-order valence-corrected chi connectivity index (χ1v) is 10.4. The van der Waals surface area contributed by atoms with Crippen LogP contribution in [0.4, 0.5) is 10.5 Å². The Balaban J connectivity index is 1.34. The van der Waals surface area contributed by atoms with Crippen LogP contribution in [0.25, 0.3) is 0 Å². The SMILES string of the molecule is CC(C)(C)OC(=O)N1CCC(COC2CCN(c3ccc(O)cc3)CC2)CC1. The molecule has 0 aromatic heterocycles. The van der Waals surface area contributed by atoms with Crippen molar-refractivity contribution in [2.24, 2.45) is 5.92 Å². The summed E-state index contributed by atoms with van der Waals surface area (Å²) < 4.78 is 11.7. The summed E-state index contributed by atoms with van der Waals surface area (Å²) in [6.07, 6.45) is 4.12. The van der Waals surface area contributed by atoms with E-state index < -0.39 is 5.60 Å². The molecule has 0 spiro atoms. The van der Waals surface area contributed by atoms with Crippen LogP contribution in [0.15, 0.2) is 24.3 Å². The number of carbonyl (C=O) groups is 1. The fourth-order valence-electron chi connectivity index (χ4n) is 3.82. The van der Waals surface area contributed by atoms with Gasteiger partial charge in [0.1, 0.15) is 11.4 Å². The van der Waals surface area contributed by atoms with Crippen molar-refractivity contribution in [2.45, 2.75) is 58.2 Å². The lowest BCUT2D eigenvalue weighted by Crippen LogP contribution is -2.43. The summed E-state index contributed by atoms with van der Waals surface area (Å²) in [6.45, 7) is 9.95. The molecule has 2 aliphatic heterocycles. The Morgan fingerprint density at radius 2 is 1.64 bits per heavy atom. The van der Waals surface area contributed by atoms with Crippen molar-refractivity contribution >= 4 is 11.8 Å². The van der Waals surface area contributed by atoms with Gasteiger partial charge in [0.15, 0.2) is 0 Å². The van der Waals surface area contributed by atoms with Crippen LogP contribution in [-0.4, -0.2) is 60.6 Å². The molecule has 1 N–H and O–H groups in total. The van der Waals surface area contributed by atoms with Crippen molar-refractivity contribution in [2.75, 3.05) is 37.7 Å². The van der Waals surface area contributed by atoms with E-state index in [1.165, 1.54) is 0 Å². The third-order valence-corrected chi connectivity index (χ3v) is 5.49. The average Bonchev–Trinajstić information content (AvgIpc) is 2.66. The van der Waals surface area contributed by atoms with Gasteiger partial charge in [-0.05, 0) is 76.6 Å². The van der Waals surface area contributed by atoms with Crippen molar-refractivity contribution < 1.29 is 19.4 Å². The molecular formula is C22H34N2O4. The zero-order valence-corrected chi connectivity index (χ0v) is 17.4. The fraction of sp³-hybridized carbons (Fsp3) is 0.682. The standard InChI is InChI=1S/C22H34N2O4/c1-22(2,3)28-21(26)24-12-8-17(9-13-24)16-27-20-10-14-23(15-11-20)18-4-6-19(25)7-5-18/h4-7,17,20,25H,8-16H2,1-3H3. The Labute approximate surface area is 168 Å². The van der Waals surface area contributed by atoms with Gasteiger partial charge in [-0.1, -0.05) is 0 Å².